The van der Waals surface area contributed by atoms with Crippen LogP contribution in [0.15, 0.2) is 79.4 Å². The maximum absolute atomic E-state index is 9.41. The number of aromatic nitrogens is 3. The first-order valence-electron chi connectivity index (χ1n) is 19.1. The summed E-state index contributed by atoms with van der Waals surface area (Å²) >= 11 is 7.00. The molecule has 0 saturated carbocycles. The van der Waals surface area contributed by atoms with Crippen LogP contribution in [0.25, 0.3) is 11.1 Å². The molecule has 1 unspecified atom stereocenters. The first-order valence-corrected chi connectivity index (χ1v) is 19.5. The van der Waals surface area contributed by atoms with Crippen LogP contribution in [0.1, 0.15) is 83.5 Å². The fourth-order valence-electron chi connectivity index (χ4n) is 7.78. The number of piperidine rings is 1. The van der Waals surface area contributed by atoms with Crippen molar-refractivity contribution in [2.24, 2.45) is 0 Å². The fraction of sp³-hybridized carbons (Fsp3) is 0.386. The molecule has 1 N–H and O–H groups in total. The van der Waals surface area contributed by atoms with Crippen molar-refractivity contribution in [3.63, 3.8) is 0 Å². The molecule has 2 aliphatic heterocycles. The number of ether oxygens (including phenoxy) is 3. The molecule has 280 valence electrons. The minimum Gasteiger partial charge on any atom is -0.493 e. The summed E-state index contributed by atoms with van der Waals surface area (Å²) in [5, 5.41) is 17.1. The molecule has 2 saturated heterocycles. The molecule has 4 heterocycles. The van der Waals surface area contributed by atoms with Crippen molar-refractivity contribution in [2.45, 2.75) is 78.2 Å². The molecule has 2 fully saturated rings. The highest BCUT2D eigenvalue weighted by Crippen LogP contribution is 2.39. The third-order valence-corrected chi connectivity index (χ3v) is 11.1. The standard InChI is InChI=1S/C44H49ClN6O3/c1-31-35(10-7-11-38(31)39-12-8-14-42(32(39)2)52-19-9-17-50-15-5-6-16-50)30-54-44-22-43(53-29-34-20-33(23-46)24-47-25-34)36(21-40(44)45)28-51-18-4-3-13-41(51)37-26-48-49-27-37/h7-8,10-12,14,20-22,24-27,41H,3-6,9,13,15-19,28-30H2,1-2H3,(H,48,49). The molecule has 5 aromatic rings. The minimum atomic E-state index is 0.252. The molecular weight excluding hydrogens is 696 g/mol. The Morgan fingerprint density at radius 2 is 1.63 bits per heavy atom. The van der Waals surface area contributed by atoms with Gasteiger partial charge in [-0.2, -0.15) is 10.4 Å². The number of hydrogen-bond donors (Lipinski definition) is 1. The van der Waals surface area contributed by atoms with E-state index in [9.17, 15) is 5.26 Å². The minimum absolute atomic E-state index is 0.252. The quantitative estimate of drug-likeness (QED) is 0.106. The van der Waals surface area contributed by atoms with E-state index in [1.807, 2.05) is 24.5 Å². The van der Waals surface area contributed by atoms with Crippen LogP contribution in [0.3, 0.4) is 0 Å². The van der Waals surface area contributed by atoms with Gasteiger partial charge in [0.2, 0.25) is 0 Å². The molecule has 0 radical (unpaired) electrons. The summed E-state index contributed by atoms with van der Waals surface area (Å²) in [6.07, 6.45) is 14.2. The lowest BCUT2D eigenvalue weighted by molar-refractivity contribution is 0.138. The highest BCUT2D eigenvalue weighted by molar-refractivity contribution is 6.32. The Labute approximate surface area is 323 Å². The van der Waals surface area contributed by atoms with E-state index in [2.05, 4.69) is 81.3 Å². The number of hydrogen-bond acceptors (Lipinski definition) is 8. The van der Waals surface area contributed by atoms with E-state index in [1.54, 1.807) is 18.5 Å². The maximum atomic E-state index is 9.41. The number of pyridine rings is 1. The molecule has 2 aromatic heterocycles. The van der Waals surface area contributed by atoms with Crippen LogP contribution in [-0.2, 0) is 19.8 Å². The lowest BCUT2D eigenvalue weighted by Gasteiger charge is -2.35. The van der Waals surface area contributed by atoms with Gasteiger partial charge in [0.15, 0.2) is 0 Å². The molecule has 7 rings (SSSR count). The van der Waals surface area contributed by atoms with Gasteiger partial charge in [-0.15, -0.1) is 0 Å². The van der Waals surface area contributed by atoms with E-state index in [1.165, 1.54) is 37.9 Å². The maximum Gasteiger partial charge on any atom is 0.142 e. The Balaban J connectivity index is 1.09. The van der Waals surface area contributed by atoms with E-state index in [-0.39, 0.29) is 12.6 Å². The highest BCUT2D eigenvalue weighted by atomic mass is 35.5. The van der Waals surface area contributed by atoms with Gasteiger partial charge in [0, 0.05) is 60.5 Å². The highest BCUT2D eigenvalue weighted by Gasteiger charge is 2.26. The summed E-state index contributed by atoms with van der Waals surface area (Å²) in [6.45, 7) is 10.7. The van der Waals surface area contributed by atoms with Gasteiger partial charge in [-0.1, -0.05) is 48.4 Å². The number of benzene rings is 3. The summed E-state index contributed by atoms with van der Waals surface area (Å²) in [7, 11) is 0. The molecule has 0 spiro atoms. The first kappa shape index (κ1) is 37.4. The number of H-pyrrole nitrogens is 1. The van der Waals surface area contributed by atoms with Crippen molar-refractivity contribution in [2.75, 3.05) is 32.8 Å². The number of nitriles is 1. The van der Waals surface area contributed by atoms with Crippen LogP contribution in [-0.4, -0.2) is 57.8 Å². The summed E-state index contributed by atoms with van der Waals surface area (Å²) in [6, 6.07) is 20.8. The second kappa shape index (κ2) is 18.0. The average molecular weight is 745 g/mol. The SMILES string of the molecule is Cc1c(COc2cc(OCc3cncc(C#N)c3)c(CN3CCCCC3c3cn[nH]c3)cc2Cl)cccc1-c1cccc(OCCCN2CCCC2)c1C. The number of nitrogens with one attached hydrogen (secondary N) is 1. The van der Waals surface area contributed by atoms with Crippen LogP contribution in [0.4, 0.5) is 0 Å². The number of likely N-dealkylation sites (tertiary alicyclic amines) is 2. The van der Waals surface area contributed by atoms with E-state index >= 15 is 0 Å². The number of nitrogens with zero attached hydrogens (tertiary/aromatic N) is 5. The molecule has 0 bridgehead atoms. The number of rotatable bonds is 15. The van der Waals surface area contributed by atoms with Gasteiger partial charge in [-0.25, -0.2) is 0 Å². The summed E-state index contributed by atoms with van der Waals surface area (Å²) in [5.74, 6) is 2.17. The molecule has 0 aliphatic carbocycles. The lowest BCUT2D eigenvalue weighted by Crippen LogP contribution is -2.32. The number of halogens is 1. The summed E-state index contributed by atoms with van der Waals surface area (Å²) in [4.78, 5) is 9.22. The summed E-state index contributed by atoms with van der Waals surface area (Å²) < 4.78 is 19.3. The molecular formula is C44H49ClN6O3. The van der Waals surface area contributed by atoms with Crippen LogP contribution >= 0.6 is 11.6 Å². The van der Waals surface area contributed by atoms with Crippen molar-refractivity contribution in [1.29, 1.82) is 5.26 Å². The second-order valence-electron chi connectivity index (χ2n) is 14.4. The van der Waals surface area contributed by atoms with Crippen LogP contribution < -0.4 is 14.2 Å². The lowest BCUT2D eigenvalue weighted by atomic mass is 9.93. The largest absolute Gasteiger partial charge is 0.493 e. The Kier molecular flexibility index (Phi) is 12.5. The van der Waals surface area contributed by atoms with E-state index in [0.29, 0.717) is 41.8 Å². The molecule has 1 atom stereocenters. The fourth-order valence-corrected chi connectivity index (χ4v) is 8.02. The Bertz CT molecular complexity index is 2060. The monoisotopic (exact) mass is 744 g/mol. The van der Waals surface area contributed by atoms with Crippen LogP contribution in [0.5, 0.6) is 17.2 Å². The molecule has 9 nitrogen and oxygen atoms in total. The topological polar surface area (TPSA) is 99.5 Å². The van der Waals surface area contributed by atoms with Gasteiger partial charge < -0.3 is 19.1 Å². The van der Waals surface area contributed by atoms with E-state index < -0.39 is 0 Å². The van der Waals surface area contributed by atoms with E-state index in [4.69, 9.17) is 25.8 Å². The molecule has 2 aliphatic rings. The molecule has 10 heteroatoms. The smallest absolute Gasteiger partial charge is 0.142 e. The van der Waals surface area contributed by atoms with Gasteiger partial charge in [0.05, 0.1) is 23.4 Å². The van der Waals surface area contributed by atoms with Gasteiger partial charge in [-0.05, 0) is 112 Å². The van der Waals surface area contributed by atoms with Crippen molar-refractivity contribution < 1.29 is 14.2 Å². The Morgan fingerprint density at radius 1 is 0.833 bits per heavy atom. The zero-order valence-corrected chi connectivity index (χ0v) is 32.1. The van der Waals surface area contributed by atoms with Gasteiger partial charge in [-0.3, -0.25) is 15.0 Å². The second-order valence-corrected chi connectivity index (χ2v) is 14.9. The zero-order chi connectivity index (χ0) is 37.3. The third-order valence-electron chi connectivity index (χ3n) is 10.8. The van der Waals surface area contributed by atoms with E-state index in [0.717, 1.165) is 77.0 Å². The van der Waals surface area contributed by atoms with Crippen molar-refractivity contribution in [3.8, 4) is 34.4 Å². The predicted octanol–water partition coefficient (Wildman–Crippen LogP) is 9.36. The summed E-state index contributed by atoms with van der Waals surface area (Å²) in [5.41, 5.74) is 9.13. The number of aromatic amines is 1. The Morgan fingerprint density at radius 3 is 2.44 bits per heavy atom. The first-order chi connectivity index (χ1) is 26.5. The van der Waals surface area contributed by atoms with Crippen molar-refractivity contribution in [3.05, 3.63) is 123 Å². The third kappa shape index (κ3) is 9.07. The Hall–Kier alpha value is -4.88. The predicted molar refractivity (Wildman–Crippen MR) is 212 cm³/mol. The van der Waals surface area contributed by atoms with Crippen molar-refractivity contribution >= 4 is 11.6 Å². The average Bonchev–Trinajstić information content (AvgIpc) is 3.93. The van der Waals surface area contributed by atoms with Gasteiger partial charge >= 0.3 is 0 Å². The molecule has 3 aromatic carbocycles. The van der Waals surface area contributed by atoms with Crippen LogP contribution in [0.2, 0.25) is 5.02 Å². The van der Waals surface area contributed by atoms with Gasteiger partial charge in [0.25, 0.3) is 0 Å². The van der Waals surface area contributed by atoms with Gasteiger partial charge in [0.1, 0.15) is 36.5 Å². The normalized spacial score (nSPS) is 16.3. The molecule has 54 heavy (non-hydrogen) atoms. The zero-order valence-electron chi connectivity index (χ0n) is 31.3. The van der Waals surface area contributed by atoms with Crippen LogP contribution in [0, 0.1) is 25.2 Å². The van der Waals surface area contributed by atoms with Crippen molar-refractivity contribution in [1.82, 2.24) is 25.0 Å². The molecule has 0 amide bonds.